The lowest BCUT2D eigenvalue weighted by atomic mass is 9.80. The van der Waals surface area contributed by atoms with Crippen molar-refractivity contribution in [3.8, 4) is 0 Å². The number of carboxylic acid groups (broad SMARTS) is 1. The fourth-order valence-electron chi connectivity index (χ4n) is 2.60. The molecular formula is C15H16F8O4. The molecule has 0 aromatic carbocycles. The summed E-state index contributed by atoms with van der Waals surface area (Å²) in [6, 6.07) is 0. The zero-order valence-electron chi connectivity index (χ0n) is 13.7. The van der Waals surface area contributed by atoms with Crippen molar-refractivity contribution in [3.05, 3.63) is 12.2 Å². The first-order chi connectivity index (χ1) is 12.2. The van der Waals surface area contributed by atoms with E-state index >= 15 is 0 Å². The summed E-state index contributed by atoms with van der Waals surface area (Å²) < 4.78 is 114. The predicted octanol–water partition coefficient (Wildman–Crippen LogP) is 4.29. The number of aliphatic carboxylic acids is 1. The van der Waals surface area contributed by atoms with Gasteiger partial charge in [-0.2, -0.15) is 35.1 Å². The normalized spacial score (nSPS) is 17.9. The van der Waals surface area contributed by atoms with Gasteiger partial charge in [0, 0.05) is 18.1 Å². The van der Waals surface area contributed by atoms with Gasteiger partial charge < -0.3 is 9.84 Å². The van der Waals surface area contributed by atoms with Gasteiger partial charge in [0.1, 0.15) is 0 Å². The number of esters is 1. The van der Waals surface area contributed by atoms with Crippen LogP contribution in [-0.2, 0) is 14.3 Å². The molecule has 0 atom stereocenters. The van der Waals surface area contributed by atoms with E-state index in [0.29, 0.717) is 6.42 Å². The van der Waals surface area contributed by atoms with Crippen LogP contribution in [-0.4, -0.2) is 47.3 Å². The standard InChI is InChI=1S/C15H16F8O4/c16-12(17,8-27-11(26)7-6-10(24)25)14(20,21)15(22,23)13(18,19)9-4-2-1-3-5-9/h6-7,9H,1-5,8H2,(H,24,25). The van der Waals surface area contributed by atoms with Crippen molar-refractivity contribution in [2.24, 2.45) is 5.92 Å². The smallest absolute Gasteiger partial charge is 0.381 e. The summed E-state index contributed by atoms with van der Waals surface area (Å²) in [5, 5.41) is 8.19. The fraction of sp³-hybridized carbons (Fsp3) is 0.733. The molecule has 4 nitrogen and oxygen atoms in total. The number of rotatable bonds is 8. The van der Waals surface area contributed by atoms with Gasteiger partial charge in [-0.05, 0) is 12.8 Å². The van der Waals surface area contributed by atoms with Crippen molar-refractivity contribution in [1.29, 1.82) is 0 Å². The lowest BCUT2D eigenvalue weighted by Gasteiger charge is -2.40. The van der Waals surface area contributed by atoms with Crippen LogP contribution in [0.1, 0.15) is 32.1 Å². The van der Waals surface area contributed by atoms with Crippen molar-refractivity contribution < 1.29 is 54.6 Å². The minimum absolute atomic E-state index is 0.0608. The molecule has 0 heterocycles. The van der Waals surface area contributed by atoms with Crippen LogP contribution in [0.5, 0.6) is 0 Å². The molecule has 0 bridgehead atoms. The first kappa shape index (κ1) is 23.2. The summed E-state index contributed by atoms with van der Waals surface area (Å²) >= 11 is 0. The predicted molar refractivity (Wildman–Crippen MR) is 74.1 cm³/mol. The van der Waals surface area contributed by atoms with Crippen LogP contribution >= 0.6 is 0 Å². The molecule has 0 radical (unpaired) electrons. The zero-order chi connectivity index (χ0) is 21.1. The van der Waals surface area contributed by atoms with Gasteiger partial charge in [-0.1, -0.05) is 19.3 Å². The van der Waals surface area contributed by atoms with Crippen LogP contribution in [0.25, 0.3) is 0 Å². The molecule has 156 valence electrons. The van der Waals surface area contributed by atoms with E-state index in [1.54, 1.807) is 0 Å². The van der Waals surface area contributed by atoms with Gasteiger partial charge in [0.25, 0.3) is 0 Å². The number of carboxylic acids is 1. The van der Waals surface area contributed by atoms with Gasteiger partial charge in [-0.3, -0.25) is 0 Å². The summed E-state index contributed by atoms with van der Waals surface area (Å²) in [6.45, 7) is -2.64. The monoisotopic (exact) mass is 412 g/mol. The van der Waals surface area contributed by atoms with E-state index in [0.717, 1.165) is 0 Å². The molecule has 12 heteroatoms. The Bertz CT molecular complexity index is 582. The van der Waals surface area contributed by atoms with Gasteiger partial charge >= 0.3 is 35.6 Å². The van der Waals surface area contributed by atoms with Crippen LogP contribution < -0.4 is 0 Å². The highest BCUT2D eigenvalue weighted by atomic mass is 19.4. The van der Waals surface area contributed by atoms with Gasteiger partial charge in [0.05, 0.1) is 0 Å². The van der Waals surface area contributed by atoms with E-state index < -0.39 is 61.0 Å². The zero-order valence-corrected chi connectivity index (χ0v) is 13.7. The Morgan fingerprint density at radius 1 is 0.889 bits per heavy atom. The van der Waals surface area contributed by atoms with Gasteiger partial charge in [0.15, 0.2) is 6.61 Å². The second-order valence-corrected chi connectivity index (χ2v) is 6.09. The third-order valence-electron chi connectivity index (χ3n) is 4.15. The maximum atomic E-state index is 14.0. The minimum atomic E-state index is -6.53. The second kappa shape index (κ2) is 8.01. The molecule has 27 heavy (non-hydrogen) atoms. The Kier molecular flexibility index (Phi) is 6.87. The van der Waals surface area contributed by atoms with Gasteiger partial charge in [-0.15, -0.1) is 0 Å². The lowest BCUT2D eigenvalue weighted by Crippen LogP contribution is -2.65. The highest BCUT2D eigenvalue weighted by molar-refractivity contribution is 5.90. The van der Waals surface area contributed by atoms with Crippen LogP contribution in [0.4, 0.5) is 35.1 Å². The Hall–Kier alpha value is -1.88. The van der Waals surface area contributed by atoms with Crippen LogP contribution in [0.2, 0.25) is 0 Å². The molecular weight excluding hydrogens is 396 g/mol. The van der Waals surface area contributed by atoms with E-state index in [1.807, 2.05) is 0 Å². The average Bonchev–Trinajstić information content (AvgIpc) is 2.58. The maximum Gasteiger partial charge on any atom is 0.381 e. The number of carbonyl (C=O) groups is 2. The molecule has 0 saturated heterocycles. The third kappa shape index (κ3) is 4.70. The molecule has 0 aromatic rings. The van der Waals surface area contributed by atoms with Gasteiger partial charge in [-0.25, -0.2) is 9.59 Å². The number of carbonyl (C=O) groups excluding carboxylic acids is 1. The summed E-state index contributed by atoms with van der Waals surface area (Å²) in [4.78, 5) is 21.0. The van der Waals surface area contributed by atoms with Crippen molar-refractivity contribution >= 4 is 11.9 Å². The van der Waals surface area contributed by atoms with E-state index in [2.05, 4.69) is 4.74 Å². The number of ether oxygens (including phenoxy) is 1. The lowest BCUT2D eigenvalue weighted by molar-refractivity contribution is -0.380. The second-order valence-electron chi connectivity index (χ2n) is 6.09. The number of hydrogen-bond acceptors (Lipinski definition) is 3. The Labute approximate surface area is 148 Å². The van der Waals surface area contributed by atoms with Crippen molar-refractivity contribution in [3.63, 3.8) is 0 Å². The third-order valence-corrected chi connectivity index (χ3v) is 4.15. The highest BCUT2D eigenvalue weighted by Gasteiger charge is 2.81. The fourth-order valence-corrected chi connectivity index (χ4v) is 2.60. The molecule has 0 unspecified atom stereocenters. The van der Waals surface area contributed by atoms with Crippen LogP contribution in [0, 0.1) is 5.92 Å². The molecule has 1 rings (SSSR count). The quantitative estimate of drug-likeness (QED) is 0.367. The van der Waals surface area contributed by atoms with E-state index in [1.165, 1.54) is 0 Å². The molecule has 1 aliphatic carbocycles. The number of hydrogen-bond donors (Lipinski definition) is 1. The summed E-state index contributed by atoms with van der Waals surface area (Å²) in [6.07, 6.45) is -0.267. The Balaban J connectivity index is 2.98. The van der Waals surface area contributed by atoms with Crippen LogP contribution in [0.3, 0.4) is 0 Å². The molecule has 0 aliphatic heterocycles. The maximum absolute atomic E-state index is 14.0. The van der Waals surface area contributed by atoms with E-state index in [9.17, 15) is 44.7 Å². The number of halogens is 8. The molecule has 1 N–H and O–H groups in total. The SMILES string of the molecule is O=C(O)C=CC(=O)OCC(F)(F)C(F)(F)C(F)(F)C(F)(F)C1CCCCC1. The molecule has 1 fully saturated rings. The Morgan fingerprint density at radius 3 is 1.89 bits per heavy atom. The molecule has 0 aromatic heterocycles. The average molecular weight is 412 g/mol. The minimum Gasteiger partial charge on any atom is -0.478 e. The summed E-state index contributed by atoms with van der Waals surface area (Å²) in [7, 11) is 0. The van der Waals surface area contributed by atoms with Crippen LogP contribution in [0.15, 0.2) is 12.2 Å². The van der Waals surface area contributed by atoms with E-state index in [-0.39, 0.29) is 25.0 Å². The summed E-state index contributed by atoms with van der Waals surface area (Å²) in [5.74, 6) is -29.9. The highest BCUT2D eigenvalue weighted by Crippen LogP contribution is 2.56. The van der Waals surface area contributed by atoms with Crippen molar-refractivity contribution in [1.82, 2.24) is 0 Å². The van der Waals surface area contributed by atoms with Crippen molar-refractivity contribution in [2.45, 2.75) is 55.8 Å². The molecule has 0 spiro atoms. The van der Waals surface area contributed by atoms with Gasteiger partial charge in [0.2, 0.25) is 0 Å². The topological polar surface area (TPSA) is 63.6 Å². The molecule has 1 aliphatic rings. The Morgan fingerprint density at radius 2 is 1.41 bits per heavy atom. The molecule has 0 amide bonds. The summed E-state index contributed by atoms with van der Waals surface area (Å²) in [5.41, 5.74) is 0. The first-order valence-corrected chi connectivity index (χ1v) is 7.76. The first-order valence-electron chi connectivity index (χ1n) is 7.76. The number of alkyl halides is 8. The van der Waals surface area contributed by atoms with E-state index in [4.69, 9.17) is 5.11 Å². The van der Waals surface area contributed by atoms with Crippen molar-refractivity contribution in [2.75, 3.05) is 6.61 Å². The largest absolute Gasteiger partial charge is 0.478 e. The molecule has 1 saturated carbocycles.